The Balaban J connectivity index is 2.71. The number of unbranched alkanes of at least 4 members (excludes halogenated alkanes) is 8. The molecule has 72 heavy (non-hydrogen) atoms. The molecule has 1 heterocycles. The van der Waals surface area contributed by atoms with Gasteiger partial charge in [-0.25, -0.2) is 0 Å². The molecule has 0 saturated carbocycles. The van der Waals surface area contributed by atoms with E-state index in [0.29, 0.717) is 18.4 Å². The van der Waals surface area contributed by atoms with Crippen LogP contribution in [0.3, 0.4) is 0 Å². The van der Waals surface area contributed by atoms with Crippen LogP contribution in [0.25, 0.3) is 0 Å². The molecule has 1 aromatic rings. The van der Waals surface area contributed by atoms with Crippen molar-refractivity contribution >= 4 is 65.0 Å². The minimum atomic E-state index is -1.98. The number of carboxylic acid groups (broad SMARTS) is 1. The quantitative estimate of drug-likeness (QED) is 0.0494. The number of carbonyl (C=O) groups is 11. The standard InChI is InChI=1S/C46H72N10O16/c1-3-4-5-6-7-8-9-10-11-12-27-20-37(63)50-31(21-35(47)61)42(68)52-30(19-26-13-15-28(60)16-14-26)41(67)53-32(22-36(48)62)43(69)55-33(23-57)44(70)51-29(17-18-38(64)65)40(66)54-34(24-58)45(71)56-39(25(2)59)46(72)49-27/h13-16,25,27,29-34,39,57-60H,3-12,17-24H2,1-2H3,(H2,47,61)(H2,48,62)(H,49,72)(H,50,63)(H,51,70)(H,52,68)(H,53,67)(H,54,66)(H,55,69)(H,56,71)(H,64,65)/t25-,27?,29+,30-,31+,32-,33+,34-,39+/m1/s1. The Morgan fingerprint density at radius 1 is 0.569 bits per heavy atom. The highest BCUT2D eigenvalue weighted by molar-refractivity contribution is 5.99. The van der Waals surface area contributed by atoms with Crippen molar-refractivity contribution in [3.05, 3.63) is 29.8 Å². The molecule has 1 aromatic carbocycles. The van der Waals surface area contributed by atoms with Crippen LogP contribution in [0.4, 0.5) is 0 Å². The van der Waals surface area contributed by atoms with Crippen molar-refractivity contribution in [2.75, 3.05) is 13.2 Å². The Bertz CT molecular complexity index is 2020. The molecule has 0 aliphatic carbocycles. The first kappa shape index (κ1) is 61.2. The zero-order valence-electron chi connectivity index (χ0n) is 40.6. The maximum Gasteiger partial charge on any atom is 0.303 e. The number of aliphatic hydroxyl groups is 3. The lowest BCUT2D eigenvalue weighted by Gasteiger charge is -2.28. The molecular weight excluding hydrogens is 949 g/mol. The first-order chi connectivity index (χ1) is 34.1. The van der Waals surface area contributed by atoms with Crippen molar-refractivity contribution in [2.24, 2.45) is 11.5 Å². The van der Waals surface area contributed by atoms with E-state index < -0.39 is 165 Å². The highest BCUT2D eigenvalue weighted by Gasteiger charge is 2.36. The minimum absolute atomic E-state index is 0.160. The summed E-state index contributed by atoms with van der Waals surface area (Å²) in [7, 11) is 0. The van der Waals surface area contributed by atoms with Crippen LogP contribution in [0.1, 0.15) is 116 Å². The molecule has 9 atom stereocenters. The molecule has 0 radical (unpaired) electrons. The second-order valence-electron chi connectivity index (χ2n) is 17.7. The number of rotatable bonds is 22. The first-order valence-corrected chi connectivity index (χ1v) is 24.0. The van der Waals surface area contributed by atoms with Gasteiger partial charge in [0.15, 0.2) is 0 Å². The summed E-state index contributed by atoms with van der Waals surface area (Å²) in [5, 5.41) is 68.6. The summed E-state index contributed by atoms with van der Waals surface area (Å²) in [6.07, 6.45) is 2.79. The van der Waals surface area contributed by atoms with E-state index in [4.69, 9.17) is 11.5 Å². The number of nitrogens with one attached hydrogen (secondary N) is 8. The Hall–Kier alpha value is -6.93. The van der Waals surface area contributed by atoms with Gasteiger partial charge in [0, 0.05) is 25.3 Å². The van der Waals surface area contributed by atoms with Gasteiger partial charge >= 0.3 is 5.97 Å². The van der Waals surface area contributed by atoms with Gasteiger partial charge < -0.3 is 79.5 Å². The third kappa shape index (κ3) is 22.9. The number of aliphatic carboxylic acids is 1. The summed E-state index contributed by atoms with van der Waals surface area (Å²) in [4.78, 5) is 146. The zero-order valence-corrected chi connectivity index (χ0v) is 40.6. The molecule has 1 aliphatic heterocycles. The van der Waals surface area contributed by atoms with Crippen molar-refractivity contribution in [2.45, 2.75) is 171 Å². The number of phenolic OH excluding ortho intramolecular Hbond substituents is 1. The van der Waals surface area contributed by atoms with Crippen molar-refractivity contribution in [3.8, 4) is 5.75 Å². The summed E-state index contributed by atoms with van der Waals surface area (Å²) in [6.45, 7) is 0.925. The van der Waals surface area contributed by atoms with Crippen molar-refractivity contribution < 1.29 is 78.3 Å². The van der Waals surface area contributed by atoms with Crippen LogP contribution in [0.5, 0.6) is 5.75 Å². The molecule has 1 aliphatic rings. The molecule has 2 rings (SSSR count). The molecule has 1 unspecified atom stereocenters. The van der Waals surface area contributed by atoms with Gasteiger partial charge in [-0.2, -0.15) is 0 Å². The van der Waals surface area contributed by atoms with Gasteiger partial charge in [0.1, 0.15) is 48.0 Å². The summed E-state index contributed by atoms with van der Waals surface area (Å²) >= 11 is 0. The fourth-order valence-electron chi connectivity index (χ4n) is 7.54. The van der Waals surface area contributed by atoms with E-state index in [9.17, 15) is 78.3 Å². The van der Waals surface area contributed by atoms with E-state index in [1.54, 1.807) is 0 Å². The number of primary amides is 2. The van der Waals surface area contributed by atoms with Gasteiger partial charge in [-0.05, 0) is 37.5 Å². The fraction of sp³-hybridized carbons (Fsp3) is 0.630. The van der Waals surface area contributed by atoms with Crippen molar-refractivity contribution in [3.63, 3.8) is 0 Å². The van der Waals surface area contributed by atoms with E-state index >= 15 is 0 Å². The number of carboxylic acids is 1. The lowest BCUT2D eigenvalue weighted by molar-refractivity contribution is -0.139. The number of hydrogen-bond acceptors (Lipinski definition) is 15. The molecule has 26 nitrogen and oxygen atoms in total. The fourth-order valence-corrected chi connectivity index (χ4v) is 7.54. The molecule has 402 valence electrons. The number of aromatic hydroxyl groups is 1. The maximum absolute atomic E-state index is 14.1. The molecule has 10 amide bonds. The van der Waals surface area contributed by atoms with Crippen LogP contribution in [0.2, 0.25) is 0 Å². The first-order valence-electron chi connectivity index (χ1n) is 24.0. The molecule has 0 bridgehead atoms. The van der Waals surface area contributed by atoms with Crippen molar-refractivity contribution in [1.82, 2.24) is 42.5 Å². The largest absolute Gasteiger partial charge is 0.508 e. The summed E-state index contributed by atoms with van der Waals surface area (Å²) in [6, 6.07) is -8.61. The third-order valence-corrected chi connectivity index (χ3v) is 11.5. The number of benzene rings is 1. The second kappa shape index (κ2) is 32.1. The van der Waals surface area contributed by atoms with Gasteiger partial charge in [-0.15, -0.1) is 0 Å². The topological polar surface area (TPSA) is 437 Å². The van der Waals surface area contributed by atoms with Crippen LogP contribution < -0.4 is 54.0 Å². The SMILES string of the molecule is CCCCCCCCCCCC1CC(=O)N[C@@H](CC(N)=O)C(=O)N[C@H](Cc2ccc(O)cc2)C(=O)N[C@H](CC(N)=O)C(=O)N[C@@H](CO)C(=O)N[C@@H](CCC(=O)O)C(=O)N[C@H](CO)C(=O)N[C@@H]([C@@H](C)O)C(=O)N1. The van der Waals surface area contributed by atoms with Gasteiger partial charge in [0.05, 0.1) is 32.2 Å². The number of nitrogens with two attached hydrogens (primary N) is 2. The van der Waals surface area contributed by atoms with E-state index in [1.807, 2.05) is 0 Å². The maximum atomic E-state index is 14.1. The van der Waals surface area contributed by atoms with Gasteiger partial charge in [0.2, 0.25) is 59.1 Å². The van der Waals surface area contributed by atoms with E-state index in [2.05, 4.69) is 49.5 Å². The average molecular weight is 1020 g/mol. The van der Waals surface area contributed by atoms with Crippen LogP contribution in [0, 0.1) is 0 Å². The van der Waals surface area contributed by atoms with Crippen LogP contribution in [-0.2, 0) is 59.2 Å². The Kier molecular flexibility index (Phi) is 27.3. The summed E-state index contributed by atoms with van der Waals surface area (Å²) < 4.78 is 0. The normalized spacial score (nSPS) is 24.0. The molecule has 0 aromatic heterocycles. The number of phenols is 1. The molecule has 17 N–H and O–H groups in total. The number of aliphatic hydroxyl groups excluding tert-OH is 3. The van der Waals surface area contributed by atoms with Gasteiger partial charge in [-0.1, -0.05) is 76.8 Å². The Morgan fingerprint density at radius 2 is 1.00 bits per heavy atom. The minimum Gasteiger partial charge on any atom is -0.508 e. The Labute approximate surface area is 416 Å². The Morgan fingerprint density at radius 3 is 1.50 bits per heavy atom. The van der Waals surface area contributed by atoms with Crippen LogP contribution in [-0.4, -0.2) is 158 Å². The van der Waals surface area contributed by atoms with E-state index in [1.165, 1.54) is 24.3 Å². The third-order valence-electron chi connectivity index (χ3n) is 11.5. The molecular formula is C46H72N10O16. The lowest BCUT2D eigenvalue weighted by Crippen LogP contribution is -2.62. The number of hydrogen-bond donors (Lipinski definition) is 15. The van der Waals surface area contributed by atoms with E-state index in [0.717, 1.165) is 51.9 Å². The zero-order chi connectivity index (χ0) is 53.9. The molecule has 0 spiro atoms. The number of carbonyl (C=O) groups excluding carboxylic acids is 10. The summed E-state index contributed by atoms with van der Waals surface area (Å²) in [5.74, 6) is -13.2. The number of amides is 10. The van der Waals surface area contributed by atoms with Gasteiger partial charge in [0.25, 0.3) is 0 Å². The van der Waals surface area contributed by atoms with Gasteiger partial charge in [-0.3, -0.25) is 52.7 Å². The smallest absolute Gasteiger partial charge is 0.303 e. The predicted octanol–water partition coefficient (Wildman–Crippen LogP) is -3.88. The highest BCUT2D eigenvalue weighted by atomic mass is 16.4. The molecule has 1 fully saturated rings. The summed E-state index contributed by atoms with van der Waals surface area (Å²) in [5.41, 5.74) is 11.2. The van der Waals surface area contributed by atoms with Crippen molar-refractivity contribution in [1.29, 1.82) is 0 Å². The van der Waals surface area contributed by atoms with E-state index in [-0.39, 0.29) is 18.6 Å². The lowest BCUT2D eigenvalue weighted by atomic mass is 10.0. The monoisotopic (exact) mass is 1020 g/mol. The van der Waals surface area contributed by atoms with Crippen LogP contribution >= 0.6 is 0 Å². The predicted molar refractivity (Wildman–Crippen MR) is 254 cm³/mol. The average Bonchev–Trinajstić information content (AvgIpc) is 3.31. The van der Waals surface area contributed by atoms with Crippen LogP contribution in [0.15, 0.2) is 24.3 Å². The highest BCUT2D eigenvalue weighted by Crippen LogP contribution is 2.15. The molecule has 26 heteroatoms. The molecule has 1 saturated heterocycles. The second-order valence-corrected chi connectivity index (χ2v) is 17.7.